The lowest BCUT2D eigenvalue weighted by molar-refractivity contribution is 0.919. The maximum atomic E-state index is 7.58. The predicted octanol–water partition coefficient (Wildman–Crippen LogP) is 3.10. The number of benzene rings is 1. The number of rotatable bonds is 2. The topological polar surface area (TPSA) is 24.4 Å². The first-order chi connectivity index (χ1) is 8.66. The SMILES string of the molecule is [2H]C1([2H])N=C(C(C)c2c(Cl)cccc2Cl)NC1([2H])[2H]. The first-order valence-electron chi connectivity index (χ1n) is 6.47. The number of amidine groups is 1. The lowest BCUT2D eigenvalue weighted by atomic mass is 10.00. The van der Waals surface area contributed by atoms with Gasteiger partial charge in [0, 0.05) is 22.5 Å². The summed E-state index contributed by atoms with van der Waals surface area (Å²) in [4.78, 5) is 3.78. The Hall–Kier alpha value is -0.730. The highest BCUT2D eigenvalue weighted by Gasteiger charge is 2.20. The quantitative estimate of drug-likeness (QED) is 0.853. The largest absolute Gasteiger partial charge is 0.371 e. The maximum Gasteiger partial charge on any atom is 0.104 e. The fraction of sp³-hybridized carbons (Fsp3) is 0.364. The van der Waals surface area contributed by atoms with Crippen LogP contribution in [0.3, 0.4) is 0 Å². The van der Waals surface area contributed by atoms with Crippen molar-refractivity contribution in [2.75, 3.05) is 13.0 Å². The summed E-state index contributed by atoms with van der Waals surface area (Å²) < 4.78 is 30.3. The molecular formula is C11H12Cl2N2. The zero-order valence-electron chi connectivity index (χ0n) is 12.0. The van der Waals surface area contributed by atoms with Gasteiger partial charge in [-0.05, 0) is 17.7 Å². The summed E-state index contributed by atoms with van der Waals surface area (Å²) in [6.45, 7) is -2.81. The molecule has 0 aromatic heterocycles. The monoisotopic (exact) mass is 246 g/mol. The predicted molar refractivity (Wildman–Crippen MR) is 65.2 cm³/mol. The summed E-state index contributed by atoms with van der Waals surface area (Å²) in [5.41, 5.74) is 0.602. The molecule has 0 saturated carbocycles. The van der Waals surface area contributed by atoms with Crippen LogP contribution in [0, 0.1) is 0 Å². The Morgan fingerprint density at radius 1 is 1.47 bits per heavy atom. The van der Waals surface area contributed by atoms with E-state index in [4.69, 9.17) is 28.7 Å². The molecule has 0 fully saturated rings. The zero-order chi connectivity index (χ0) is 14.4. The molecule has 1 atom stereocenters. The van der Waals surface area contributed by atoms with Crippen molar-refractivity contribution in [3.8, 4) is 0 Å². The molecule has 1 aliphatic rings. The molecule has 0 aliphatic carbocycles. The van der Waals surface area contributed by atoms with Gasteiger partial charge in [-0.2, -0.15) is 0 Å². The second-order valence-electron chi connectivity index (χ2n) is 3.22. The first-order valence-corrected chi connectivity index (χ1v) is 5.23. The van der Waals surface area contributed by atoms with Crippen LogP contribution in [0.5, 0.6) is 0 Å². The van der Waals surface area contributed by atoms with Crippen molar-refractivity contribution < 1.29 is 5.48 Å². The fourth-order valence-electron chi connectivity index (χ4n) is 1.47. The van der Waals surface area contributed by atoms with E-state index < -0.39 is 18.9 Å². The van der Waals surface area contributed by atoms with Gasteiger partial charge in [-0.1, -0.05) is 36.2 Å². The summed E-state index contributed by atoms with van der Waals surface area (Å²) in [7, 11) is 0. The molecule has 1 aromatic rings. The molecule has 2 rings (SSSR count). The summed E-state index contributed by atoms with van der Waals surface area (Å²) in [6, 6.07) is 5.07. The van der Waals surface area contributed by atoms with Gasteiger partial charge in [0.1, 0.15) is 5.84 Å². The highest BCUT2D eigenvalue weighted by Crippen LogP contribution is 2.32. The third kappa shape index (κ3) is 2.11. The molecule has 1 aromatic carbocycles. The van der Waals surface area contributed by atoms with Gasteiger partial charge in [0.25, 0.3) is 0 Å². The standard InChI is InChI=1S/C11H12Cl2N2/c1-7(11-14-5-6-15-11)10-8(12)3-2-4-9(10)13/h2-4,7H,5-6H2,1H3,(H,14,15)/i5D2,6D2. The Morgan fingerprint density at radius 3 is 2.67 bits per heavy atom. The summed E-state index contributed by atoms with van der Waals surface area (Å²) in [6.07, 6.45) is 0. The van der Waals surface area contributed by atoms with Crippen LogP contribution in [-0.2, 0) is 0 Å². The molecule has 80 valence electrons. The minimum Gasteiger partial charge on any atom is -0.371 e. The highest BCUT2D eigenvalue weighted by atomic mass is 35.5. The highest BCUT2D eigenvalue weighted by molar-refractivity contribution is 6.36. The minimum absolute atomic E-state index is 0.199. The number of halogens is 2. The van der Waals surface area contributed by atoms with Crippen LogP contribution in [-0.4, -0.2) is 18.8 Å². The Kier molecular flexibility index (Phi) is 1.99. The average Bonchev–Trinajstić information content (AvgIpc) is 2.47. The number of nitrogens with zero attached hydrogens (tertiary/aromatic N) is 1. The molecule has 0 saturated heterocycles. The van der Waals surface area contributed by atoms with Crippen molar-refractivity contribution in [2.45, 2.75) is 12.8 Å². The number of aliphatic imine (C=N–C) groups is 1. The lowest BCUT2D eigenvalue weighted by Gasteiger charge is -2.15. The van der Waals surface area contributed by atoms with Gasteiger partial charge in [0.2, 0.25) is 0 Å². The van der Waals surface area contributed by atoms with Gasteiger partial charge in [-0.25, -0.2) is 0 Å². The number of nitrogens with one attached hydrogen (secondary N) is 1. The van der Waals surface area contributed by atoms with E-state index in [1.165, 1.54) is 0 Å². The number of hydrogen-bond acceptors (Lipinski definition) is 2. The van der Waals surface area contributed by atoms with Crippen molar-refractivity contribution >= 4 is 29.0 Å². The molecule has 1 unspecified atom stereocenters. The van der Waals surface area contributed by atoms with Crippen molar-refractivity contribution in [2.24, 2.45) is 4.99 Å². The Morgan fingerprint density at radius 2 is 2.13 bits per heavy atom. The van der Waals surface area contributed by atoms with E-state index >= 15 is 0 Å². The smallest absolute Gasteiger partial charge is 0.104 e. The van der Waals surface area contributed by atoms with Gasteiger partial charge >= 0.3 is 0 Å². The fourth-order valence-corrected chi connectivity index (χ4v) is 2.20. The average molecular weight is 247 g/mol. The van der Waals surface area contributed by atoms with Gasteiger partial charge < -0.3 is 5.32 Å². The Bertz CT molecular complexity index is 525. The summed E-state index contributed by atoms with van der Waals surface area (Å²) >= 11 is 12.2. The summed E-state index contributed by atoms with van der Waals surface area (Å²) in [5, 5.41) is 3.35. The van der Waals surface area contributed by atoms with E-state index in [0.29, 0.717) is 15.6 Å². The normalized spacial score (nSPS) is 27.8. The van der Waals surface area contributed by atoms with E-state index in [1.54, 1.807) is 25.1 Å². The lowest BCUT2D eigenvalue weighted by Crippen LogP contribution is -2.24. The molecule has 1 N–H and O–H groups in total. The van der Waals surface area contributed by atoms with Gasteiger partial charge in [-0.3, -0.25) is 4.99 Å². The van der Waals surface area contributed by atoms with Crippen molar-refractivity contribution in [3.63, 3.8) is 0 Å². The summed E-state index contributed by atoms with van der Waals surface area (Å²) in [5.74, 6) is -0.223. The van der Waals surface area contributed by atoms with Gasteiger partial charge in [0.05, 0.1) is 12.0 Å². The molecule has 2 nitrogen and oxygen atoms in total. The maximum absolute atomic E-state index is 7.58. The molecule has 0 spiro atoms. The Labute approximate surface area is 105 Å². The van der Waals surface area contributed by atoms with Crippen molar-refractivity contribution in [1.82, 2.24) is 5.32 Å². The zero-order valence-corrected chi connectivity index (χ0v) is 9.52. The molecule has 0 amide bonds. The Balaban J connectivity index is 2.40. The van der Waals surface area contributed by atoms with E-state index in [0.717, 1.165) is 0 Å². The first kappa shape index (κ1) is 6.77. The molecule has 1 heterocycles. The van der Waals surface area contributed by atoms with Crippen LogP contribution in [0.2, 0.25) is 10.0 Å². The van der Waals surface area contributed by atoms with Crippen molar-refractivity contribution in [1.29, 1.82) is 0 Å². The molecule has 0 bridgehead atoms. The molecule has 0 radical (unpaired) electrons. The third-order valence-corrected chi connectivity index (χ3v) is 2.92. The van der Waals surface area contributed by atoms with Crippen LogP contribution in [0.1, 0.15) is 23.9 Å². The van der Waals surface area contributed by atoms with Gasteiger partial charge in [-0.15, -0.1) is 0 Å². The molecule has 1 aliphatic heterocycles. The van der Waals surface area contributed by atoms with Crippen LogP contribution >= 0.6 is 23.2 Å². The second-order valence-corrected chi connectivity index (χ2v) is 4.03. The molecule has 4 heteroatoms. The molecular weight excluding hydrogens is 231 g/mol. The second kappa shape index (κ2) is 4.42. The van der Waals surface area contributed by atoms with Crippen LogP contribution < -0.4 is 5.32 Å². The van der Waals surface area contributed by atoms with Crippen molar-refractivity contribution in [3.05, 3.63) is 33.8 Å². The number of hydrogen-bond donors (Lipinski definition) is 1. The van der Waals surface area contributed by atoms with E-state index in [9.17, 15) is 0 Å². The van der Waals surface area contributed by atoms with Crippen LogP contribution in [0.25, 0.3) is 0 Å². The minimum atomic E-state index is -2.32. The van der Waals surface area contributed by atoms with E-state index in [2.05, 4.69) is 10.3 Å². The van der Waals surface area contributed by atoms with E-state index in [1.807, 2.05) is 0 Å². The van der Waals surface area contributed by atoms with Gasteiger partial charge in [0.15, 0.2) is 0 Å². The third-order valence-electron chi connectivity index (χ3n) is 2.27. The van der Waals surface area contributed by atoms with E-state index in [-0.39, 0.29) is 5.84 Å². The van der Waals surface area contributed by atoms with Crippen LogP contribution in [0.15, 0.2) is 23.2 Å². The molecule has 15 heavy (non-hydrogen) atoms. The van der Waals surface area contributed by atoms with Crippen LogP contribution in [0.4, 0.5) is 0 Å².